The van der Waals surface area contributed by atoms with Crippen molar-refractivity contribution in [3.05, 3.63) is 75.5 Å². The van der Waals surface area contributed by atoms with E-state index in [1.807, 2.05) is 18.2 Å². The summed E-state index contributed by atoms with van der Waals surface area (Å²) in [5.41, 5.74) is 10.6. The maximum absolute atomic E-state index is 12.6. The van der Waals surface area contributed by atoms with Gasteiger partial charge in [0.25, 0.3) is 0 Å². The number of rotatable bonds is 8. The minimum atomic E-state index is -0.271. The van der Waals surface area contributed by atoms with Gasteiger partial charge >= 0.3 is 5.97 Å². The molecule has 2 heterocycles. The molecule has 1 aliphatic heterocycles. The van der Waals surface area contributed by atoms with E-state index < -0.39 is 0 Å². The van der Waals surface area contributed by atoms with Gasteiger partial charge in [0.1, 0.15) is 18.0 Å². The highest BCUT2D eigenvalue weighted by atomic mass is 35.5. The molecule has 0 unspecified atom stereocenters. The van der Waals surface area contributed by atoms with Crippen molar-refractivity contribution < 1.29 is 9.53 Å². The third-order valence-electron chi connectivity index (χ3n) is 7.34. The van der Waals surface area contributed by atoms with Crippen LogP contribution in [0, 0.1) is 0 Å². The first-order valence-corrected chi connectivity index (χ1v) is 14.0. The number of nitrogens with one attached hydrogen (secondary N) is 1. The number of nitrogen functional groups attached to an aromatic ring is 1. The Morgan fingerprint density at radius 2 is 1.82 bits per heavy atom. The van der Waals surface area contributed by atoms with E-state index in [9.17, 15) is 4.79 Å². The molecule has 1 saturated heterocycles. The first-order valence-electron chi connectivity index (χ1n) is 13.3. The van der Waals surface area contributed by atoms with E-state index in [4.69, 9.17) is 38.7 Å². The van der Waals surface area contributed by atoms with Crippen molar-refractivity contribution in [2.75, 3.05) is 25.4 Å². The van der Waals surface area contributed by atoms with Crippen LogP contribution in [0.15, 0.2) is 48.7 Å². The van der Waals surface area contributed by atoms with Gasteiger partial charge in [-0.25, -0.2) is 9.97 Å². The lowest BCUT2D eigenvalue weighted by Crippen LogP contribution is -2.54. The van der Waals surface area contributed by atoms with Gasteiger partial charge in [0.15, 0.2) is 0 Å². The van der Waals surface area contributed by atoms with E-state index >= 15 is 0 Å². The van der Waals surface area contributed by atoms with E-state index in [2.05, 4.69) is 39.5 Å². The number of anilines is 1. The van der Waals surface area contributed by atoms with Crippen LogP contribution in [0.3, 0.4) is 0 Å². The highest BCUT2D eigenvalue weighted by Gasteiger charge is 2.29. The van der Waals surface area contributed by atoms with E-state index in [1.54, 1.807) is 6.20 Å². The van der Waals surface area contributed by atoms with E-state index in [0.29, 0.717) is 35.2 Å². The molecule has 1 aliphatic carbocycles. The Labute approximate surface area is 233 Å². The summed E-state index contributed by atoms with van der Waals surface area (Å²) in [6.07, 6.45) is 7.29. The van der Waals surface area contributed by atoms with Crippen molar-refractivity contribution in [1.29, 1.82) is 0 Å². The van der Waals surface area contributed by atoms with Crippen LogP contribution in [0.2, 0.25) is 10.0 Å². The standard InChI is InChI=1S/C29H33Cl2N5O2/c30-23-6-3-7-24(31)22(23)12-13-25-28(32)34-16-26(35-25)20-10-8-19(9-11-20)17-36-15-14-33-27(18-36)29(37)38-21-4-1-2-5-21/h3,6-11,16,21,27,33H,1-2,4-5,12-15,17-18H2,(H2,32,34)/t27-/m0/s1. The second kappa shape index (κ2) is 12.4. The zero-order valence-corrected chi connectivity index (χ0v) is 22.8. The number of hydrogen-bond acceptors (Lipinski definition) is 7. The van der Waals surface area contributed by atoms with Crippen molar-refractivity contribution in [3.8, 4) is 11.3 Å². The normalized spacial score (nSPS) is 18.5. The molecule has 2 aliphatic rings. The van der Waals surface area contributed by atoms with Crippen LogP contribution in [0.5, 0.6) is 0 Å². The number of nitrogens with zero attached hydrogens (tertiary/aromatic N) is 3. The summed E-state index contributed by atoms with van der Waals surface area (Å²) in [7, 11) is 0. The van der Waals surface area contributed by atoms with Crippen molar-refractivity contribution in [2.24, 2.45) is 0 Å². The fourth-order valence-corrected chi connectivity index (χ4v) is 5.76. The molecule has 7 nitrogen and oxygen atoms in total. The largest absolute Gasteiger partial charge is 0.461 e. The quantitative estimate of drug-likeness (QED) is 0.376. The summed E-state index contributed by atoms with van der Waals surface area (Å²) in [6.45, 7) is 3.07. The number of aryl methyl sites for hydroxylation is 1. The molecular formula is C29H33Cl2N5O2. The summed E-state index contributed by atoms with van der Waals surface area (Å²) in [5, 5.41) is 4.59. The molecule has 1 saturated carbocycles. The monoisotopic (exact) mass is 553 g/mol. The van der Waals surface area contributed by atoms with Crippen molar-refractivity contribution >= 4 is 35.0 Å². The minimum absolute atomic E-state index is 0.0955. The Morgan fingerprint density at radius 3 is 2.55 bits per heavy atom. The molecule has 0 radical (unpaired) electrons. The SMILES string of the molecule is Nc1ncc(-c2ccc(CN3CCN[C@H](C(=O)OC4CCCC4)C3)cc2)nc1CCc1c(Cl)cccc1Cl. The maximum atomic E-state index is 12.6. The number of hydrogen-bond donors (Lipinski definition) is 2. The second-order valence-electron chi connectivity index (χ2n) is 10.1. The molecule has 1 atom stereocenters. The fraction of sp³-hybridized carbons (Fsp3) is 0.414. The predicted molar refractivity (Wildman–Crippen MR) is 151 cm³/mol. The third-order valence-corrected chi connectivity index (χ3v) is 8.04. The Bertz CT molecular complexity index is 1240. The molecule has 5 rings (SSSR count). The molecule has 200 valence electrons. The molecule has 2 aromatic carbocycles. The number of esters is 1. The van der Waals surface area contributed by atoms with Crippen molar-refractivity contribution in [3.63, 3.8) is 0 Å². The van der Waals surface area contributed by atoms with Crippen LogP contribution < -0.4 is 11.1 Å². The zero-order chi connectivity index (χ0) is 26.5. The van der Waals surface area contributed by atoms with Crippen LogP contribution in [-0.2, 0) is 28.9 Å². The van der Waals surface area contributed by atoms with Gasteiger partial charge in [-0.15, -0.1) is 0 Å². The van der Waals surface area contributed by atoms with E-state index in [-0.39, 0.29) is 18.1 Å². The summed E-state index contributed by atoms with van der Waals surface area (Å²) >= 11 is 12.6. The molecule has 3 aromatic rings. The van der Waals surface area contributed by atoms with E-state index in [1.165, 1.54) is 5.56 Å². The number of aromatic nitrogens is 2. The number of nitrogens with two attached hydrogens (primary N) is 1. The van der Waals surface area contributed by atoms with Gasteiger partial charge in [-0.05, 0) is 61.8 Å². The molecule has 3 N–H and O–H groups in total. The topological polar surface area (TPSA) is 93.4 Å². The van der Waals surface area contributed by atoms with Crippen LogP contribution >= 0.6 is 23.2 Å². The number of ether oxygens (including phenoxy) is 1. The Kier molecular flexibility index (Phi) is 8.79. The van der Waals surface area contributed by atoms with Gasteiger partial charge in [-0.1, -0.05) is 53.5 Å². The Hall–Kier alpha value is -2.71. The van der Waals surface area contributed by atoms with Crippen LogP contribution in [0.4, 0.5) is 5.82 Å². The van der Waals surface area contributed by atoms with Crippen LogP contribution in [-0.4, -0.2) is 52.6 Å². The number of halogens is 2. The maximum Gasteiger partial charge on any atom is 0.324 e. The highest BCUT2D eigenvalue weighted by molar-refractivity contribution is 6.36. The zero-order valence-electron chi connectivity index (χ0n) is 21.3. The lowest BCUT2D eigenvalue weighted by molar-refractivity contribution is -0.152. The van der Waals surface area contributed by atoms with Gasteiger partial charge < -0.3 is 15.8 Å². The Morgan fingerprint density at radius 1 is 1.08 bits per heavy atom. The van der Waals surface area contributed by atoms with Gasteiger partial charge in [0.2, 0.25) is 0 Å². The summed E-state index contributed by atoms with van der Waals surface area (Å²) in [6, 6.07) is 13.5. The third kappa shape index (κ3) is 6.64. The number of benzene rings is 2. The first-order chi connectivity index (χ1) is 18.5. The van der Waals surface area contributed by atoms with Gasteiger partial charge in [-0.2, -0.15) is 0 Å². The van der Waals surface area contributed by atoms with Crippen molar-refractivity contribution in [1.82, 2.24) is 20.2 Å². The van der Waals surface area contributed by atoms with Gasteiger partial charge in [-0.3, -0.25) is 9.69 Å². The molecule has 2 fully saturated rings. The first kappa shape index (κ1) is 26.9. The average Bonchev–Trinajstić information content (AvgIpc) is 3.43. The Balaban J connectivity index is 1.20. The summed E-state index contributed by atoms with van der Waals surface area (Å²) in [5.74, 6) is 0.291. The van der Waals surface area contributed by atoms with Gasteiger partial charge in [0, 0.05) is 41.8 Å². The van der Waals surface area contributed by atoms with Crippen LogP contribution in [0.25, 0.3) is 11.3 Å². The number of piperazine rings is 1. The molecule has 9 heteroatoms. The van der Waals surface area contributed by atoms with Crippen molar-refractivity contribution in [2.45, 2.75) is 57.2 Å². The molecule has 38 heavy (non-hydrogen) atoms. The second-order valence-corrected chi connectivity index (χ2v) is 10.9. The van der Waals surface area contributed by atoms with E-state index in [0.717, 1.165) is 67.8 Å². The molecule has 0 bridgehead atoms. The molecule has 0 spiro atoms. The summed E-state index contributed by atoms with van der Waals surface area (Å²) in [4.78, 5) is 24.1. The lowest BCUT2D eigenvalue weighted by atomic mass is 10.1. The van der Waals surface area contributed by atoms with Crippen LogP contribution in [0.1, 0.15) is 42.5 Å². The van der Waals surface area contributed by atoms with Gasteiger partial charge in [0.05, 0.1) is 17.6 Å². The smallest absolute Gasteiger partial charge is 0.324 e. The molecule has 0 amide bonds. The lowest BCUT2D eigenvalue weighted by Gasteiger charge is -2.33. The number of carbonyl (C=O) groups is 1. The summed E-state index contributed by atoms with van der Waals surface area (Å²) < 4.78 is 5.72. The fourth-order valence-electron chi connectivity index (χ4n) is 5.18. The highest BCUT2D eigenvalue weighted by Crippen LogP contribution is 2.27. The predicted octanol–water partition coefficient (Wildman–Crippen LogP) is 5.08. The number of carbonyl (C=O) groups excluding carboxylic acids is 1. The molecule has 1 aromatic heterocycles. The molecular weight excluding hydrogens is 521 g/mol. The minimum Gasteiger partial charge on any atom is -0.461 e. The average molecular weight is 555 g/mol.